The van der Waals surface area contributed by atoms with Gasteiger partial charge < -0.3 is 5.73 Å². The van der Waals surface area contributed by atoms with Gasteiger partial charge in [-0.15, -0.1) is 0 Å². The van der Waals surface area contributed by atoms with E-state index in [1.54, 1.807) is 0 Å². The lowest BCUT2D eigenvalue weighted by Gasteiger charge is -2.22. The van der Waals surface area contributed by atoms with E-state index >= 15 is 0 Å². The lowest BCUT2D eigenvalue weighted by Crippen LogP contribution is -2.37. The molecule has 15 heavy (non-hydrogen) atoms. The third-order valence-electron chi connectivity index (χ3n) is 2.89. The van der Waals surface area contributed by atoms with Crippen molar-refractivity contribution < 1.29 is 8.42 Å². The van der Waals surface area contributed by atoms with Gasteiger partial charge in [0, 0.05) is 12.6 Å². The van der Waals surface area contributed by atoms with Gasteiger partial charge in [-0.25, -0.2) is 13.1 Å². The van der Waals surface area contributed by atoms with Crippen LogP contribution in [0.2, 0.25) is 0 Å². The van der Waals surface area contributed by atoms with E-state index in [0.29, 0.717) is 13.0 Å². The predicted molar refractivity (Wildman–Crippen MR) is 62.1 cm³/mol. The zero-order chi connectivity index (χ0) is 11.3. The van der Waals surface area contributed by atoms with E-state index in [2.05, 4.69) is 4.72 Å². The Bertz CT molecular complexity index is 269. The van der Waals surface area contributed by atoms with Gasteiger partial charge in [-0.1, -0.05) is 19.3 Å². The first-order valence-electron chi connectivity index (χ1n) is 5.76. The maximum Gasteiger partial charge on any atom is 0.214 e. The van der Waals surface area contributed by atoms with Gasteiger partial charge in [0.25, 0.3) is 0 Å². The van der Waals surface area contributed by atoms with Crippen molar-refractivity contribution in [1.29, 1.82) is 0 Å². The summed E-state index contributed by atoms with van der Waals surface area (Å²) in [4.78, 5) is 0. The Labute approximate surface area is 92.7 Å². The summed E-state index contributed by atoms with van der Waals surface area (Å²) in [6.07, 6.45) is 5.58. The van der Waals surface area contributed by atoms with Crippen molar-refractivity contribution >= 4 is 10.0 Å². The van der Waals surface area contributed by atoms with Crippen molar-refractivity contribution in [2.24, 2.45) is 5.73 Å². The van der Waals surface area contributed by atoms with Crippen molar-refractivity contribution in [3.63, 3.8) is 0 Å². The van der Waals surface area contributed by atoms with Gasteiger partial charge in [0.1, 0.15) is 0 Å². The molecule has 0 aromatic carbocycles. The second-order valence-corrected chi connectivity index (χ2v) is 6.51. The van der Waals surface area contributed by atoms with E-state index < -0.39 is 10.0 Å². The molecule has 0 bridgehead atoms. The Hall–Kier alpha value is -0.130. The van der Waals surface area contributed by atoms with Gasteiger partial charge in [-0.3, -0.25) is 0 Å². The minimum absolute atomic E-state index is 0.0547. The fraction of sp³-hybridized carbons (Fsp3) is 1.00. The van der Waals surface area contributed by atoms with Gasteiger partial charge in [-0.2, -0.15) is 0 Å². The first-order chi connectivity index (χ1) is 7.02. The molecule has 1 unspecified atom stereocenters. The highest BCUT2D eigenvalue weighted by atomic mass is 32.2. The number of nitrogens with one attached hydrogen (secondary N) is 1. The Morgan fingerprint density at radius 2 is 1.93 bits per heavy atom. The molecule has 1 saturated carbocycles. The standard InChI is InChI=1S/C10H22N2O2S/c1-9(11)7-8-12-15(13,14)10-5-3-2-4-6-10/h9-10,12H,2-8,11H2,1H3. The Morgan fingerprint density at radius 1 is 1.33 bits per heavy atom. The van der Waals surface area contributed by atoms with Crippen LogP contribution < -0.4 is 10.5 Å². The molecule has 0 saturated heterocycles. The Morgan fingerprint density at radius 3 is 2.47 bits per heavy atom. The fourth-order valence-electron chi connectivity index (χ4n) is 1.92. The van der Waals surface area contributed by atoms with Crippen LogP contribution in [0.1, 0.15) is 45.4 Å². The summed E-state index contributed by atoms with van der Waals surface area (Å²) in [6.45, 7) is 2.35. The molecule has 1 atom stereocenters. The van der Waals surface area contributed by atoms with Gasteiger partial charge in [-0.05, 0) is 26.2 Å². The number of sulfonamides is 1. The molecule has 1 aliphatic carbocycles. The van der Waals surface area contributed by atoms with Crippen LogP contribution in [-0.2, 0) is 10.0 Å². The van der Waals surface area contributed by atoms with Crippen LogP contribution in [0.25, 0.3) is 0 Å². The molecule has 0 amide bonds. The van der Waals surface area contributed by atoms with Gasteiger partial charge >= 0.3 is 0 Å². The van der Waals surface area contributed by atoms with Gasteiger partial charge in [0.05, 0.1) is 5.25 Å². The fourth-order valence-corrected chi connectivity index (χ4v) is 3.51. The molecular weight excluding hydrogens is 212 g/mol. The summed E-state index contributed by atoms with van der Waals surface area (Å²) in [5, 5.41) is -0.167. The van der Waals surface area contributed by atoms with Crippen LogP contribution in [0, 0.1) is 0 Å². The summed E-state index contributed by atoms with van der Waals surface area (Å²) in [5.41, 5.74) is 5.57. The quantitative estimate of drug-likeness (QED) is 0.744. The molecule has 0 aliphatic heterocycles. The molecule has 0 heterocycles. The SMILES string of the molecule is CC(N)CCNS(=O)(=O)C1CCCCC1. The van der Waals surface area contributed by atoms with Crippen LogP contribution in [0.5, 0.6) is 0 Å². The molecule has 0 aromatic heterocycles. The lowest BCUT2D eigenvalue weighted by molar-refractivity contribution is 0.476. The number of nitrogens with two attached hydrogens (primary N) is 1. The lowest BCUT2D eigenvalue weighted by atomic mass is 10.0. The van der Waals surface area contributed by atoms with E-state index in [1.807, 2.05) is 6.92 Å². The van der Waals surface area contributed by atoms with Crippen molar-refractivity contribution in [3.05, 3.63) is 0 Å². The average Bonchev–Trinajstić information content (AvgIpc) is 2.18. The summed E-state index contributed by atoms with van der Waals surface area (Å²) in [5.74, 6) is 0. The van der Waals surface area contributed by atoms with E-state index in [0.717, 1.165) is 25.7 Å². The van der Waals surface area contributed by atoms with E-state index in [4.69, 9.17) is 5.73 Å². The zero-order valence-corrected chi connectivity index (χ0v) is 10.2. The summed E-state index contributed by atoms with van der Waals surface area (Å²) in [7, 11) is -3.08. The molecule has 3 N–H and O–H groups in total. The third kappa shape index (κ3) is 4.49. The van der Waals surface area contributed by atoms with E-state index in [1.165, 1.54) is 6.42 Å². The highest BCUT2D eigenvalue weighted by Gasteiger charge is 2.26. The normalized spacial score (nSPS) is 21.5. The number of hydrogen-bond donors (Lipinski definition) is 2. The molecule has 0 spiro atoms. The average molecular weight is 234 g/mol. The maximum absolute atomic E-state index is 11.8. The molecule has 4 nitrogen and oxygen atoms in total. The highest BCUT2D eigenvalue weighted by Crippen LogP contribution is 2.22. The topological polar surface area (TPSA) is 72.2 Å². The van der Waals surface area contributed by atoms with E-state index in [-0.39, 0.29) is 11.3 Å². The van der Waals surface area contributed by atoms with Crippen LogP contribution in [0.3, 0.4) is 0 Å². The first-order valence-corrected chi connectivity index (χ1v) is 7.31. The first kappa shape index (κ1) is 12.9. The van der Waals surface area contributed by atoms with Crippen LogP contribution in [-0.4, -0.2) is 26.3 Å². The molecule has 0 radical (unpaired) electrons. The largest absolute Gasteiger partial charge is 0.328 e. The maximum atomic E-state index is 11.8. The molecule has 90 valence electrons. The third-order valence-corrected chi connectivity index (χ3v) is 4.85. The minimum Gasteiger partial charge on any atom is -0.328 e. The minimum atomic E-state index is -3.08. The smallest absolute Gasteiger partial charge is 0.214 e. The number of rotatable bonds is 5. The van der Waals surface area contributed by atoms with Crippen LogP contribution in [0.4, 0.5) is 0 Å². The Kier molecular flexibility index (Phi) is 5.02. The van der Waals surface area contributed by atoms with Crippen molar-refractivity contribution in [1.82, 2.24) is 4.72 Å². The summed E-state index contributed by atoms with van der Waals surface area (Å²) >= 11 is 0. The van der Waals surface area contributed by atoms with Crippen molar-refractivity contribution in [3.8, 4) is 0 Å². The van der Waals surface area contributed by atoms with Crippen LogP contribution >= 0.6 is 0 Å². The molecule has 5 heteroatoms. The van der Waals surface area contributed by atoms with Crippen molar-refractivity contribution in [2.75, 3.05) is 6.54 Å². The second-order valence-electron chi connectivity index (χ2n) is 4.47. The molecule has 0 aromatic rings. The molecule has 1 fully saturated rings. The highest BCUT2D eigenvalue weighted by molar-refractivity contribution is 7.90. The summed E-state index contributed by atoms with van der Waals surface area (Å²) < 4.78 is 26.3. The monoisotopic (exact) mass is 234 g/mol. The predicted octanol–water partition coefficient (Wildman–Crippen LogP) is 0.976. The molecule has 1 rings (SSSR count). The molecule has 1 aliphatic rings. The van der Waals surface area contributed by atoms with Crippen LogP contribution in [0.15, 0.2) is 0 Å². The zero-order valence-electron chi connectivity index (χ0n) is 9.41. The second kappa shape index (κ2) is 5.82. The van der Waals surface area contributed by atoms with E-state index in [9.17, 15) is 8.42 Å². The summed E-state index contributed by atoms with van der Waals surface area (Å²) in [6, 6.07) is 0.0547. The van der Waals surface area contributed by atoms with Crippen molar-refractivity contribution in [2.45, 2.75) is 56.7 Å². The van der Waals surface area contributed by atoms with Gasteiger partial charge in [0.2, 0.25) is 10.0 Å². The Balaban J connectivity index is 2.36. The molecular formula is C10H22N2O2S. The number of hydrogen-bond acceptors (Lipinski definition) is 3. The van der Waals surface area contributed by atoms with Gasteiger partial charge in [0.15, 0.2) is 0 Å².